The molecule has 1 aliphatic rings. The van der Waals surface area contributed by atoms with E-state index in [-0.39, 0.29) is 0 Å². The highest BCUT2D eigenvalue weighted by atomic mass is 14.9. The molecule has 0 amide bonds. The van der Waals surface area contributed by atoms with Crippen LogP contribution in [-0.4, -0.2) is 13.1 Å². The van der Waals surface area contributed by atoms with Crippen LogP contribution in [0.2, 0.25) is 0 Å². The Labute approximate surface area is 102 Å². The van der Waals surface area contributed by atoms with Crippen LogP contribution in [0.15, 0.2) is 0 Å². The maximum Gasteiger partial charge on any atom is 0.00925 e. The first kappa shape index (κ1) is 14.0. The van der Waals surface area contributed by atoms with Crippen molar-refractivity contribution in [3.63, 3.8) is 0 Å². The normalized spacial score (nSPS) is 21.8. The van der Waals surface area contributed by atoms with Crippen molar-refractivity contribution in [2.24, 2.45) is 11.3 Å². The first-order valence-corrected chi connectivity index (χ1v) is 7.20. The lowest BCUT2D eigenvalue weighted by Gasteiger charge is -2.29. The molecule has 0 saturated heterocycles. The molecule has 0 aromatic rings. The SMILES string of the molecule is CNC(CCC(C)(C)C)C1CCCCCC1. The first-order valence-electron chi connectivity index (χ1n) is 7.20. The van der Waals surface area contributed by atoms with Gasteiger partial charge < -0.3 is 5.32 Å². The summed E-state index contributed by atoms with van der Waals surface area (Å²) in [4.78, 5) is 0. The average molecular weight is 225 g/mol. The van der Waals surface area contributed by atoms with Crippen LogP contribution in [0.3, 0.4) is 0 Å². The second kappa shape index (κ2) is 6.64. The topological polar surface area (TPSA) is 12.0 Å². The Morgan fingerprint density at radius 2 is 1.62 bits per heavy atom. The van der Waals surface area contributed by atoms with E-state index in [1.165, 1.54) is 51.4 Å². The second-order valence-corrected chi connectivity index (χ2v) is 6.75. The minimum absolute atomic E-state index is 0.486. The van der Waals surface area contributed by atoms with Crippen LogP contribution in [0.4, 0.5) is 0 Å². The van der Waals surface area contributed by atoms with Crippen LogP contribution < -0.4 is 5.32 Å². The van der Waals surface area contributed by atoms with E-state index in [1.54, 1.807) is 0 Å². The van der Waals surface area contributed by atoms with Crippen molar-refractivity contribution in [3.8, 4) is 0 Å². The summed E-state index contributed by atoms with van der Waals surface area (Å²) in [6, 6.07) is 0.761. The molecule has 0 aliphatic heterocycles. The molecule has 0 heterocycles. The lowest BCUT2D eigenvalue weighted by Crippen LogP contribution is -2.34. The number of hydrogen-bond donors (Lipinski definition) is 1. The monoisotopic (exact) mass is 225 g/mol. The van der Waals surface area contributed by atoms with Crippen molar-refractivity contribution >= 4 is 0 Å². The molecule has 96 valence electrons. The molecule has 1 nitrogen and oxygen atoms in total. The molecule has 1 saturated carbocycles. The Hall–Kier alpha value is -0.0400. The smallest absolute Gasteiger partial charge is 0.00925 e. The van der Waals surface area contributed by atoms with Crippen LogP contribution in [0, 0.1) is 11.3 Å². The van der Waals surface area contributed by atoms with E-state index in [9.17, 15) is 0 Å². The zero-order chi connectivity index (χ0) is 12.0. The Morgan fingerprint density at radius 1 is 1.06 bits per heavy atom. The zero-order valence-electron chi connectivity index (χ0n) is 11.8. The van der Waals surface area contributed by atoms with E-state index in [2.05, 4.69) is 33.1 Å². The minimum Gasteiger partial charge on any atom is -0.317 e. The van der Waals surface area contributed by atoms with E-state index in [4.69, 9.17) is 0 Å². The maximum atomic E-state index is 3.57. The van der Waals surface area contributed by atoms with Gasteiger partial charge in [0, 0.05) is 6.04 Å². The van der Waals surface area contributed by atoms with Crippen LogP contribution in [0.5, 0.6) is 0 Å². The molecule has 16 heavy (non-hydrogen) atoms. The summed E-state index contributed by atoms with van der Waals surface area (Å²) in [6.45, 7) is 7.06. The molecule has 0 radical (unpaired) electrons. The number of hydrogen-bond acceptors (Lipinski definition) is 1. The van der Waals surface area contributed by atoms with Gasteiger partial charge in [0.25, 0.3) is 0 Å². The molecule has 1 rings (SSSR count). The Kier molecular flexibility index (Phi) is 5.82. The van der Waals surface area contributed by atoms with Gasteiger partial charge in [-0.15, -0.1) is 0 Å². The molecule has 1 heteroatoms. The lowest BCUT2D eigenvalue weighted by atomic mass is 9.83. The van der Waals surface area contributed by atoms with Gasteiger partial charge in [0.05, 0.1) is 0 Å². The zero-order valence-corrected chi connectivity index (χ0v) is 11.8. The number of nitrogens with one attached hydrogen (secondary N) is 1. The van der Waals surface area contributed by atoms with E-state index in [1.807, 2.05) is 0 Å². The van der Waals surface area contributed by atoms with Gasteiger partial charge in [-0.1, -0.05) is 46.5 Å². The molecule has 1 fully saturated rings. The summed E-state index contributed by atoms with van der Waals surface area (Å²) in [5.41, 5.74) is 0.486. The largest absolute Gasteiger partial charge is 0.317 e. The van der Waals surface area contributed by atoms with Crippen LogP contribution >= 0.6 is 0 Å². The highest BCUT2D eigenvalue weighted by Crippen LogP contribution is 2.30. The van der Waals surface area contributed by atoms with E-state index >= 15 is 0 Å². The summed E-state index contributed by atoms with van der Waals surface area (Å²) in [6.07, 6.45) is 11.4. The van der Waals surface area contributed by atoms with Gasteiger partial charge in [0.2, 0.25) is 0 Å². The molecule has 0 bridgehead atoms. The predicted molar refractivity (Wildman–Crippen MR) is 72.7 cm³/mol. The Bertz CT molecular complexity index is 172. The molecule has 0 aromatic carbocycles. The van der Waals surface area contributed by atoms with Gasteiger partial charge in [-0.2, -0.15) is 0 Å². The summed E-state index contributed by atoms with van der Waals surface area (Å²) >= 11 is 0. The summed E-state index contributed by atoms with van der Waals surface area (Å²) in [5, 5.41) is 3.57. The summed E-state index contributed by atoms with van der Waals surface area (Å²) in [7, 11) is 2.15. The van der Waals surface area contributed by atoms with Crippen LogP contribution in [-0.2, 0) is 0 Å². The third kappa shape index (κ3) is 5.34. The fourth-order valence-electron chi connectivity index (χ4n) is 2.92. The fourth-order valence-corrected chi connectivity index (χ4v) is 2.92. The van der Waals surface area contributed by atoms with Crippen molar-refractivity contribution < 1.29 is 0 Å². The second-order valence-electron chi connectivity index (χ2n) is 6.75. The van der Waals surface area contributed by atoms with Gasteiger partial charge in [-0.25, -0.2) is 0 Å². The summed E-state index contributed by atoms with van der Waals surface area (Å²) in [5.74, 6) is 0.940. The molecular formula is C15H31N. The quantitative estimate of drug-likeness (QED) is 0.701. The van der Waals surface area contributed by atoms with E-state index in [0.717, 1.165) is 12.0 Å². The number of rotatable bonds is 4. The minimum atomic E-state index is 0.486. The molecule has 0 aromatic heterocycles. The maximum absolute atomic E-state index is 3.57. The Morgan fingerprint density at radius 3 is 2.06 bits per heavy atom. The molecule has 0 spiro atoms. The molecule has 1 unspecified atom stereocenters. The van der Waals surface area contributed by atoms with Gasteiger partial charge >= 0.3 is 0 Å². The highest BCUT2D eigenvalue weighted by molar-refractivity contribution is 4.79. The third-order valence-corrected chi connectivity index (χ3v) is 4.04. The van der Waals surface area contributed by atoms with Crippen molar-refractivity contribution in [2.45, 2.75) is 78.2 Å². The first-order chi connectivity index (χ1) is 7.53. The fraction of sp³-hybridized carbons (Fsp3) is 1.00. The van der Waals surface area contributed by atoms with Crippen molar-refractivity contribution in [1.82, 2.24) is 5.32 Å². The van der Waals surface area contributed by atoms with Crippen molar-refractivity contribution in [3.05, 3.63) is 0 Å². The van der Waals surface area contributed by atoms with Crippen LogP contribution in [0.1, 0.15) is 72.1 Å². The third-order valence-electron chi connectivity index (χ3n) is 4.04. The standard InChI is InChI=1S/C15H31N/c1-15(2,3)12-11-14(16-4)13-9-7-5-6-8-10-13/h13-14,16H,5-12H2,1-4H3. The molecule has 1 atom stereocenters. The predicted octanol–water partition coefficient (Wildman–Crippen LogP) is 4.37. The van der Waals surface area contributed by atoms with E-state index in [0.29, 0.717) is 5.41 Å². The van der Waals surface area contributed by atoms with Gasteiger partial charge in [0.1, 0.15) is 0 Å². The van der Waals surface area contributed by atoms with Crippen LogP contribution in [0.25, 0.3) is 0 Å². The molecule has 1 N–H and O–H groups in total. The Balaban J connectivity index is 2.39. The van der Waals surface area contributed by atoms with Gasteiger partial charge in [0.15, 0.2) is 0 Å². The lowest BCUT2D eigenvalue weighted by molar-refractivity contribution is 0.269. The van der Waals surface area contributed by atoms with Gasteiger partial charge in [-0.3, -0.25) is 0 Å². The van der Waals surface area contributed by atoms with Gasteiger partial charge in [-0.05, 0) is 44.1 Å². The molecular weight excluding hydrogens is 194 g/mol. The molecule has 1 aliphatic carbocycles. The summed E-state index contributed by atoms with van der Waals surface area (Å²) < 4.78 is 0. The van der Waals surface area contributed by atoms with Crippen molar-refractivity contribution in [2.75, 3.05) is 7.05 Å². The van der Waals surface area contributed by atoms with Crippen molar-refractivity contribution in [1.29, 1.82) is 0 Å². The average Bonchev–Trinajstić information content (AvgIpc) is 2.46. The highest BCUT2D eigenvalue weighted by Gasteiger charge is 2.23. The van der Waals surface area contributed by atoms with E-state index < -0.39 is 0 Å².